The van der Waals surface area contributed by atoms with E-state index >= 15 is 0 Å². The third-order valence-corrected chi connectivity index (χ3v) is 6.40. The molecule has 1 unspecified atom stereocenters. The van der Waals surface area contributed by atoms with Gasteiger partial charge in [-0.2, -0.15) is 0 Å². The molecule has 1 aromatic heterocycles. The van der Waals surface area contributed by atoms with Gasteiger partial charge in [-0.15, -0.1) is 0 Å². The van der Waals surface area contributed by atoms with Crippen LogP contribution in [-0.4, -0.2) is 53.1 Å². The SMILES string of the molecule is O=C(O)CC1c2cnccc2N=C(N2CCN(c3ccc(F)cc3)CC2)N1c1cccc(CF)c1. The maximum atomic E-state index is 13.5. The fourth-order valence-electron chi connectivity index (χ4n) is 4.69. The van der Waals surface area contributed by atoms with Crippen molar-refractivity contribution in [3.8, 4) is 0 Å². The van der Waals surface area contributed by atoms with Crippen LogP contribution in [0.4, 0.5) is 25.8 Å². The molecule has 1 saturated heterocycles. The highest BCUT2D eigenvalue weighted by atomic mass is 19.1. The number of carboxylic acid groups (broad SMARTS) is 1. The minimum Gasteiger partial charge on any atom is -0.481 e. The zero-order valence-corrected chi connectivity index (χ0v) is 19.0. The number of aliphatic carboxylic acids is 1. The predicted octanol–water partition coefficient (Wildman–Crippen LogP) is 4.54. The number of guanidine groups is 1. The van der Waals surface area contributed by atoms with E-state index in [1.807, 2.05) is 11.0 Å². The predicted molar refractivity (Wildman–Crippen MR) is 130 cm³/mol. The van der Waals surface area contributed by atoms with Crippen molar-refractivity contribution in [2.75, 3.05) is 36.0 Å². The molecule has 0 aliphatic carbocycles. The second-order valence-corrected chi connectivity index (χ2v) is 8.58. The summed E-state index contributed by atoms with van der Waals surface area (Å²) in [5, 5.41) is 9.74. The molecule has 0 bridgehead atoms. The Morgan fingerprint density at radius 3 is 2.46 bits per heavy atom. The van der Waals surface area contributed by atoms with Gasteiger partial charge in [-0.25, -0.2) is 13.8 Å². The number of anilines is 2. The number of fused-ring (bicyclic) bond motifs is 1. The third kappa shape index (κ3) is 4.66. The Kier molecular flexibility index (Phi) is 6.31. The summed E-state index contributed by atoms with van der Waals surface area (Å²) in [4.78, 5) is 27.2. The molecule has 3 heterocycles. The maximum absolute atomic E-state index is 13.5. The normalized spacial score (nSPS) is 17.7. The number of aromatic nitrogens is 1. The molecular formula is C26H25F2N5O2. The molecule has 1 N–H and O–H groups in total. The molecule has 0 spiro atoms. The van der Waals surface area contributed by atoms with Crippen molar-refractivity contribution in [1.29, 1.82) is 0 Å². The van der Waals surface area contributed by atoms with Gasteiger partial charge in [-0.05, 0) is 48.0 Å². The van der Waals surface area contributed by atoms with Crippen LogP contribution >= 0.6 is 0 Å². The van der Waals surface area contributed by atoms with Crippen LogP contribution in [0.15, 0.2) is 72.0 Å². The van der Waals surface area contributed by atoms with E-state index in [1.165, 1.54) is 12.1 Å². The zero-order chi connectivity index (χ0) is 24.4. The first-order valence-corrected chi connectivity index (χ1v) is 11.5. The highest BCUT2D eigenvalue weighted by molar-refractivity contribution is 6.01. The van der Waals surface area contributed by atoms with Crippen LogP contribution in [0.1, 0.15) is 23.6 Å². The van der Waals surface area contributed by atoms with Gasteiger partial charge < -0.3 is 19.8 Å². The molecule has 35 heavy (non-hydrogen) atoms. The van der Waals surface area contributed by atoms with Crippen LogP contribution in [0.25, 0.3) is 0 Å². The monoisotopic (exact) mass is 477 g/mol. The quantitative estimate of drug-likeness (QED) is 0.582. The summed E-state index contributed by atoms with van der Waals surface area (Å²) >= 11 is 0. The second kappa shape index (κ2) is 9.69. The first kappa shape index (κ1) is 22.8. The summed E-state index contributed by atoms with van der Waals surface area (Å²) < 4.78 is 26.9. The number of carbonyl (C=O) groups is 1. The fraction of sp³-hybridized carbons (Fsp3) is 0.269. The summed E-state index contributed by atoms with van der Waals surface area (Å²) in [6.45, 7) is 2.03. The van der Waals surface area contributed by atoms with Gasteiger partial charge in [0.15, 0.2) is 0 Å². The van der Waals surface area contributed by atoms with Gasteiger partial charge in [0, 0.05) is 55.5 Å². The molecule has 1 atom stereocenters. The average Bonchev–Trinajstić information content (AvgIpc) is 2.89. The second-order valence-electron chi connectivity index (χ2n) is 8.58. The van der Waals surface area contributed by atoms with Crippen LogP contribution in [0, 0.1) is 5.82 Å². The Labute approximate surface area is 201 Å². The van der Waals surface area contributed by atoms with E-state index in [9.17, 15) is 18.7 Å². The van der Waals surface area contributed by atoms with Crippen molar-refractivity contribution in [1.82, 2.24) is 9.88 Å². The molecule has 2 aromatic carbocycles. The van der Waals surface area contributed by atoms with Crippen molar-refractivity contribution >= 4 is 29.0 Å². The van der Waals surface area contributed by atoms with Gasteiger partial charge in [0.05, 0.1) is 18.2 Å². The van der Waals surface area contributed by atoms with Crippen molar-refractivity contribution in [3.63, 3.8) is 0 Å². The lowest BCUT2D eigenvalue weighted by molar-refractivity contribution is -0.137. The number of alkyl halides is 1. The number of carboxylic acids is 1. The van der Waals surface area contributed by atoms with E-state index in [-0.39, 0.29) is 12.2 Å². The number of aliphatic imine (C=N–C) groups is 1. The van der Waals surface area contributed by atoms with Gasteiger partial charge in [-0.3, -0.25) is 9.78 Å². The van der Waals surface area contributed by atoms with E-state index in [0.29, 0.717) is 54.6 Å². The van der Waals surface area contributed by atoms with E-state index < -0.39 is 18.7 Å². The number of hydrogen-bond acceptors (Lipinski definition) is 6. The summed E-state index contributed by atoms with van der Waals surface area (Å²) in [7, 11) is 0. The lowest BCUT2D eigenvalue weighted by atomic mass is 9.99. The van der Waals surface area contributed by atoms with Gasteiger partial charge >= 0.3 is 5.97 Å². The molecular weight excluding hydrogens is 452 g/mol. The summed E-state index contributed by atoms with van der Waals surface area (Å²) in [5.41, 5.74) is 3.54. The summed E-state index contributed by atoms with van der Waals surface area (Å²) in [6, 6.07) is 14.7. The number of halogens is 2. The molecule has 0 radical (unpaired) electrons. The first-order chi connectivity index (χ1) is 17.0. The number of piperazine rings is 1. The Bertz CT molecular complexity index is 1240. The Morgan fingerprint density at radius 1 is 1.00 bits per heavy atom. The largest absolute Gasteiger partial charge is 0.481 e. The van der Waals surface area contributed by atoms with Gasteiger partial charge in [0.25, 0.3) is 0 Å². The molecule has 3 aromatic rings. The average molecular weight is 478 g/mol. The zero-order valence-electron chi connectivity index (χ0n) is 19.0. The Hall–Kier alpha value is -4.01. The Morgan fingerprint density at radius 2 is 1.74 bits per heavy atom. The van der Waals surface area contributed by atoms with E-state index in [4.69, 9.17) is 4.99 Å². The molecule has 5 rings (SSSR count). The van der Waals surface area contributed by atoms with Crippen molar-refractivity contribution in [2.24, 2.45) is 4.99 Å². The lowest BCUT2D eigenvalue weighted by Gasteiger charge is -2.45. The first-order valence-electron chi connectivity index (χ1n) is 11.5. The Balaban J connectivity index is 1.51. The maximum Gasteiger partial charge on any atom is 0.305 e. The molecule has 0 amide bonds. The highest BCUT2D eigenvalue weighted by Gasteiger charge is 2.36. The smallest absolute Gasteiger partial charge is 0.305 e. The fourth-order valence-corrected chi connectivity index (χ4v) is 4.69. The van der Waals surface area contributed by atoms with Crippen LogP contribution in [0.3, 0.4) is 0 Å². The molecule has 180 valence electrons. The van der Waals surface area contributed by atoms with Crippen LogP contribution in [0.5, 0.6) is 0 Å². The third-order valence-electron chi connectivity index (χ3n) is 6.40. The number of hydrogen-bond donors (Lipinski definition) is 1. The van der Waals surface area contributed by atoms with E-state index in [0.717, 1.165) is 5.69 Å². The highest BCUT2D eigenvalue weighted by Crippen LogP contribution is 2.40. The summed E-state index contributed by atoms with van der Waals surface area (Å²) in [5.74, 6) is -0.587. The molecule has 0 saturated carbocycles. The number of pyridine rings is 1. The molecule has 2 aliphatic rings. The molecule has 9 heteroatoms. The molecule has 2 aliphatic heterocycles. The van der Waals surface area contributed by atoms with Crippen LogP contribution in [0.2, 0.25) is 0 Å². The van der Waals surface area contributed by atoms with Crippen LogP contribution < -0.4 is 9.80 Å². The van der Waals surface area contributed by atoms with E-state index in [2.05, 4.69) is 14.8 Å². The molecule has 7 nitrogen and oxygen atoms in total. The topological polar surface area (TPSA) is 72.3 Å². The van der Waals surface area contributed by atoms with Crippen molar-refractivity contribution in [2.45, 2.75) is 19.1 Å². The van der Waals surface area contributed by atoms with Crippen molar-refractivity contribution in [3.05, 3.63) is 83.9 Å². The van der Waals surface area contributed by atoms with Gasteiger partial charge in [0.2, 0.25) is 5.96 Å². The van der Waals surface area contributed by atoms with E-state index in [1.54, 1.807) is 48.8 Å². The minimum atomic E-state index is -0.946. The number of rotatable bonds is 5. The van der Waals surface area contributed by atoms with Gasteiger partial charge in [-0.1, -0.05) is 12.1 Å². The van der Waals surface area contributed by atoms with Gasteiger partial charge in [0.1, 0.15) is 12.5 Å². The standard InChI is InChI=1S/C26H25F2N5O2/c27-16-18-2-1-3-21(14-18)33-24(15-25(34)35)22-17-29-9-8-23(22)30-26(33)32-12-10-31(11-13-32)20-6-4-19(28)5-7-20/h1-9,14,17,24H,10-13,15-16H2,(H,34,35). The summed E-state index contributed by atoms with van der Waals surface area (Å²) in [6.07, 6.45) is 3.14. The van der Waals surface area contributed by atoms with Crippen molar-refractivity contribution < 1.29 is 18.7 Å². The molecule has 1 fully saturated rings. The number of benzene rings is 2. The van der Waals surface area contributed by atoms with Crippen LogP contribution in [-0.2, 0) is 11.5 Å². The minimum absolute atomic E-state index is 0.160. The number of nitrogens with zero attached hydrogens (tertiary/aromatic N) is 5. The lowest BCUT2D eigenvalue weighted by Crippen LogP contribution is -2.55.